The number of carbonyl (C=O) groups excluding carboxylic acids is 1. The summed E-state index contributed by atoms with van der Waals surface area (Å²) in [5.74, 6) is 0.985. The predicted molar refractivity (Wildman–Crippen MR) is 94.1 cm³/mol. The Morgan fingerprint density at radius 2 is 2.17 bits per heavy atom. The third-order valence-electron chi connectivity index (χ3n) is 4.09. The molecule has 1 amide bonds. The zero-order chi connectivity index (χ0) is 16.1. The Morgan fingerprint density at radius 3 is 2.91 bits per heavy atom. The molecule has 6 heteroatoms. The van der Waals surface area contributed by atoms with E-state index in [0.29, 0.717) is 12.1 Å². The number of anilines is 1. The van der Waals surface area contributed by atoms with E-state index in [2.05, 4.69) is 33.2 Å². The van der Waals surface area contributed by atoms with Crippen molar-refractivity contribution < 1.29 is 4.79 Å². The fraction of sp³-hybridized carbons (Fsp3) is 0.412. The molecule has 1 aliphatic heterocycles. The second kappa shape index (κ2) is 7.57. The van der Waals surface area contributed by atoms with E-state index in [0.717, 1.165) is 44.0 Å². The van der Waals surface area contributed by atoms with E-state index in [1.165, 1.54) is 11.3 Å². The van der Waals surface area contributed by atoms with Gasteiger partial charge >= 0.3 is 0 Å². The minimum absolute atomic E-state index is 0.0362. The maximum atomic E-state index is 11.9. The number of nitrogens with one attached hydrogen (secondary N) is 1. The molecule has 1 aliphatic rings. The first kappa shape index (κ1) is 16.0. The summed E-state index contributed by atoms with van der Waals surface area (Å²) in [6, 6.07) is 5.93. The van der Waals surface area contributed by atoms with E-state index in [-0.39, 0.29) is 5.91 Å². The molecule has 0 spiro atoms. The first-order valence-corrected chi connectivity index (χ1v) is 8.85. The quantitative estimate of drug-likeness (QED) is 0.934. The number of carbonyl (C=O) groups is 1. The zero-order valence-corrected chi connectivity index (χ0v) is 14.2. The minimum Gasteiger partial charge on any atom is -0.355 e. The number of pyridine rings is 1. The van der Waals surface area contributed by atoms with Gasteiger partial charge in [-0.05, 0) is 43.1 Å². The van der Waals surface area contributed by atoms with E-state index in [9.17, 15) is 4.79 Å². The van der Waals surface area contributed by atoms with Crippen LogP contribution in [0.25, 0.3) is 0 Å². The topological polar surface area (TPSA) is 48.5 Å². The van der Waals surface area contributed by atoms with Gasteiger partial charge in [-0.2, -0.15) is 11.3 Å². The van der Waals surface area contributed by atoms with Crippen LogP contribution in [0.1, 0.15) is 22.3 Å². The average Bonchev–Trinajstić information content (AvgIpc) is 3.03. The van der Waals surface area contributed by atoms with Gasteiger partial charge in [0.2, 0.25) is 0 Å². The molecule has 122 valence electrons. The molecule has 3 heterocycles. The number of nitrogens with zero attached hydrogens (tertiary/aromatic N) is 3. The second-order valence-electron chi connectivity index (χ2n) is 5.86. The molecule has 2 aromatic heterocycles. The molecule has 5 nitrogen and oxygen atoms in total. The molecule has 0 aromatic carbocycles. The summed E-state index contributed by atoms with van der Waals surface area (Å²) >= 11 is 1.53. The monoisotopic (exact) mass is 330 g/mol. The Bertz CT molecular complexity index is 627. The summed E-state index contributed by atoms with van der Waals surface area (Å²) < 4.78 is 0. The Balaban J connectivity index is 1.55. The largest absolute Gasteiger partial charge is 0.355 e. The van der Waals surface area contributed by atoms with Crippen LogP contribution < -0.4 is 10.2 Å². The first-order valence-electron chi connectivity index (χ1n) is 7.91. The summed E-state index contributed by atoms with van der Waals surface area (Å²) in [7, 11) is 2.16. The van der Waals surface area contributed by atoms with Crippen molar-refractivity contribution in [1.29, 1.82) is 0 Å². The van der Waals surface area contributed by atoms with E-state index in [1.54, 1.807) is 0 Å². The summed E-state index contributed by atoms with van der Waals surface area (Å²) in [6.45, 7) is 4.78. The lowest BCUT2D eigenvalue weighted by Crippen LogP contribution is -2.29. The predicted octanol–water partition coefficient (Wildman–Crippen LogP) is 2.21. The van der Waals surface area contributed by atoms with Crippen molar-refractivity contribution in [3.8, 4) is 0 Å². The number of thiophene rings is 1. The third-order valence-corrected chi connectivity index (χ3v) is 4.77. The molecular weight excluding hydrogens is 308 g/mol. The standard InChI is InChI=1S/C17H22N4OS/c1-20-6-2-7-21(9-8-20)16-4-3-14(11-18-16)12-19-17(22)15-5-10-23-13-15/h3-5,10-11,13H,2,6-9,12H2,1H3,(H,19,22). The van der Waals surface area contributed by atoms with Gasteiger partial charge in [-0.15, -0.1) is 0 Å². The number of amides is 1. The highest BCUT2D eigenvalue weighted by atomic mass is 32.1. The molecule has 0 unspecified atom stereocenters. The van der Waals surface area contributed by atoms with Crippen LogP contribution in [-0.2, 0) is 6.54 Å². The molecular formula is C17H22N4OS. The van der Waals surface area contributed by atoms with Crippen LogP contribution in [0.15, 0.2) is 35.2 Å². The van der Waals surface area contributed by atoms with E-state index in [1.807, 2.05) is 29.1 Å². The molecule has 2 aromatic rings. The van der Waals surface area contributed by atoms with Crippen LogP contribution in [0.5, 0.6) is 0 Å². The fourth-order valence-electron chi connectivity index (χ4n) is 2.66. The smallest absolute Gasteiger partial charge is 0.252 e. The van der Waals surface area contributed by atoms with Crippen LogP contribution in [0.3, 0.4) is 0 Å². The number of hydrogen-bond acceptors (Lipinski definition) is 5. The van der Waals surface area contributed by atoms with Gasteiger partial charge in [-0.1, -0.05) is 6.07 Å². The van der Waals surface area contributed by atoms with Crippen molar-refractivity contribution in [3.05, 3.63) is 46.3 Å². The highest BCUT2D eigenvalue weighted by Gasteiger charge is 2.13. The molecule has 0 aliphatic carbocycles. The van der Waals surface area contributed by atoms with Crippen LogP contribution in [0.4, 0.5) is 5.82 Å². The van der Waals surface area contributed by atoms with Crippen molar-refractivity contribution >= 4 is 23.1 Å². The molecule has 1 fully saturated rings. The minimum atomic E-state index is -0.0362. The van der Waals surface area contributed by atoms with Crippen molar-refractivity contribution in [2.45, 2.75) is 13.0 Å². The molecule has 1 N–H and O–H groups in total. The normalized spacial score (nSPS) is 16.1. The average molecular weight is 330 g/mol. The van der Waals surface area contributed by atoms with Gasteiger partial charge in [0.25, 0.3) is 5.91 Å². The summed E-state index contributed by atoms with van der Waals surface area (Å²) in [4.78, 5) is 21.2. The molecule has 0 radical (unpaired) electrons. The molecule has 3 rings (SSSR count). The van der Waals surface area contributed by atoms with Crippen molar-refractivity contribution in [1.82, 2.24) is 15.2 Å². The number of hydrogen-bond donors (Lipinski definition) is 1. The Hall–Kier alpha value is -1.92. The summed E-state index contributed by atoms with van der Waals surface area (Å²) in [5.41, 5.74) is 1.73. The second-order valence-corrected chi connectivity index (χ2v) is 6.64. The highest BCUT2D eigenvalue weighted by molar-refractivity contribution is 7.08. The maximum absolute atomic E-state index is 11.9. The fourth-order valence-corrected chi connectivity index (χ4v) is 3.30. The lowest BCUT2D eigenvalue weighted by Gasteiger charge is -2.21. The maximum Gasteiger partial charge on any atom is 0.252 e. The van der Waals surface area contributed by atoms with Gasteiger partial charge in [-0.3, -0.25) is 4.79 Å². The van der Waals surface area contributed by atoms with E-state index >= 15 is 0 Å². The van der Waals surface area contributed by atoms with Crippen LogP contribution in [0.2, 0.25) is 0 Å². The first-order chi connectivity index (χ1) is 11.2. The lowest BCUT2D eigenvalue weighted by molar-refractivity contribution is 0.0951. The van der Waals surface area contributed by atoms with Crippen LogP contribution in [0, 0.1) is 0 Å². The van der Waals surface area contributed by atoms with E-state index in [4.69, 9.17) is 0 Å². The van der Waals surface area contributed by atoms with Crippen LogP contribution in [-0.4, -0.2) is 49.0 Å². The molecule has 0 atom stereocenters. The Morgan fingerprint density at radius 1 is 1.26 bits per heavy atom. The van der Waals surface area contributed by atoms with Gasteiger partial charge < -0.3 is 15.1 Å². The lowest BCUT2D eigenvalue weighted by atomic mass is 10.2. The SMILES string of the molecule is CN1CCCN(c2ccc(CNC(=O)c3ccsc3)cn2)CC1. The molecule has 0 saturated carbocycles. The zero-order valence-electron chi connectivity index (χ0n) is 13.4. The molecule has 1 saturated heterocycles. The molecule has 0 bridgehead atoms. The number of rotatable bonds is 4. The summed E-state index contributed by atoms with van der Waals surface area (Å²) in [6.07, 6.45) is 3.02. The van der Waals surface area contributed by atoms with Gasteiger partial charge in [0, 0.05) is 43.3 Å². The molecule has 23 heavy (non-hydrogen) atoms. The Labute approximate surface area is 140 Å². The number of likely N-dealkylation sites (N-methyl/N-ethyl adjacent to an activating group) is 1. The van der Waals surface area contributed by atoms with E-state index < -0.39 is 0 Å². The van der Waals surface area contributed by atoms with Gasteiger partial charge in [0.15, 0.2) is 0 Å². The summed E-state index contributed by atoms with van der Waals surface area (Å²) in [5, 5.41) is 6.68. The van der Waals surface area contributed by atoms with Crippen molar-refractivity contribution in [3.63, 3.8) is 0 Å². The van der Waals surface area contributed by atoms with Gasteiger partial charge in [0.05, 0.1) is 0 Å². The third kappa shape index (κ3) is 4.30. The van der Waals surface area contributed by atoms with Gasteiger partial charge in [0.1, 0.15) is 5.82 Å². The highest BCUT2D eigenvalue weighted by Crippen LogP contribution is 2.14. The van der Waals surface area contributed by atoms with Crippen molar-refractivity contribution in [2.24, 2.45) is 0 Å². The number of aromatic nitrogens is 1. The Kier molecular flexibility index (Phi) is 5.25. The van der Waals surface area contributed by atoms with Crippen molar-refractivity contribution in [2.75, 3.05) is 38.1 Å². The van der Waals surface area contributed by atoms with Crippen LogP contribution >= 0.6 is 11.3 Å². The van der Waals surface area contributed by atoms with Gasteiger partial charge in [-0.25, -0.2) is 4.98 Å².